The van der Waals surface area contributed by atoms with E-state index in [0.717, 1.165) is 31.7 Å². The van der Waals surface area contributed by atoms with E-state index in [0.29, 0.717) is 17.4 Å². The summed E-state index contributed by atoms with van der Waals surface area (Å²) in [7, 11) is 0. The van der Waals surface area contributed by atoms with Gasteiger partial charge in [-0.25, -0.2) is 9.97 Å². The van der Waals surface area contributed by atoms with Gasteiger partial charge in [-0.15, -0.1) is 0 Å². The summed E-state index contributed by atoms with van der Waals surface area (Å²) in [4.78, 5) is 23.2. The molecule has 26 heavy (non-hydrogen) atoms. The Balaban J connectivity index is 1.54. The van der Waals surface area contributed by atoms with Gasteiger partial charge in [-0.1, -0.05) is 13.8 Å². The Labute approximate surface area is 155 Å². The third kappa shape index (κ3) is 4.94. The van der Waals surface area contributed by atoms with Gasteiger partial charge in [-0.2, -0.15) is 0 Å². The highest BCUT2D eigenvalue weighted by atomic mass is 16.1. The maximum atomic E-state index is 12.3. The Morgan fingerprint density at radius 2 is 1.85 bits per heavy atom. The highest BCUT2D eigenvalue weighted by Crippen LogP contribution is 2.22. The fourth-order valence-corrected chi connectivity index (χ4v) is 2.95. The number of hydrogen-bond donors (Lipinski definition) is 2. The summed E-state index contributed by atoms with van der Waals surface area (Å²) in [5, 5.41) is 6.09. The van der Waals surface area contributed by atoms with Gasteiger partial charge in [-0.3, -0.25) is 4.79 Å². The van der Waals surface area contributed by atoms with Gasteiger partial charge in [0, 0.05) is 31.0 Å². The van der Waals surface area contributed by atoms with Crippen molar-refractivity contribution in [3.63, 3.8) is 0 Å². The van der Waals surface area contributed by atoms with Crippen LogP contribution in [0.3, 0.4) is 0 Å². The number of nitrogens with zero attached hydrogens (tertiary/aromatic N) is 3. The summed E-state index contributed by atoms with van der Waals surface area (Å²) < 4.78 is 0. The van der Waals surface area contributed by atoms with Crippen molar-refractivity contribution in [3.8, 4) is 0 Å². The second kappa shape index (κ2) is 8.65. The monoisotopic (exact) mass is 353 g/mol. The molecule has 138 valence electrons. The zero-order valence-corrected chi connectivity index (χ0v) is 15.5. The molecule has 3 rings (SSSR count). The van der Waals surface area contributed by atoms with Crippen LogP contribution in [0.1, 0.15) is 43.6 Å². The van der Waals surface area contributed by atoms with E-state index >= 15 is 0 Å². The Morgan fingerprint density at radius 3 is 2.46 bits per heavy atom. The molecule has 0 saturated carbocycles. The van der Waals surface area contributed by atoms with Crippen molar-refractivity contribution < 1.29 is 4.79 Å². The predicted molar refractivity (Wildman–Crippen MR) is 106 cm³/mol. The van der Waals surface area contributed by atoms with Crippen LogP contribution in [0.25, 0.3) is 0 Å². The molecule has 0 radical (unpaired) electrons. The molecule has 2 heterocycles. The number of amides is 1. The van der Waals surface area contributed by atoms with Crippen molar-refractivity contribution in [2.75, 3.05) is 35.2 Å². The zero-order chi connectivity index (χ0) is 18.4. The summed E-state index contributed by atoms with van der Waals surface area (Å²) in [6.45, 7) is 7.43. The second-order valence-electron chi connectivity index (χ2n) is 7.09. The minimum atomic E-state index is -0.250. The van der Waals surface area contributed by atoms with Crippen LogP contribution in [0.5, 0.6) is 0 Å². The van der Waals surface area contributed by atoms with Gasteiger partial charge in [-0.05, 0) is 49.4 Å². The number of carbonyl (C=O) groups excluding carboxylic acids is 1. The van der Waals surface area contributed by atoms with E-state index in [2.05, 4.69) is 39.3 Å². The summed E-state index contributed by atoms with van der Waals surface area (Å²) in [5.41, 5.74) is 2.28. The normalized spacial score (nSPS) is 13.9. The minimum absolute atomic E-state index is 0.250. The molecule has 1 aliphatic rings. The first-order valence-corrected chi connectivity index (χ1v) is 9.34. The molecule has 1 aromatic carbocycles. The molecule has 0 bridgehead atoms. The molecule has 0 atom stereocenters. The molecule has 1 amide bonds. The lowest BCUT2D eigenvalue weighted by atomic mass is 10.1. The van der Waals surface area contributed by atoms with E-state index < -0.39 is 0 Å². The van der Waals surface area contributed by atoms with Gasteiger partial charge in [0.25, 0.3) is 5.91 Å². The van der Waals surface area contributed by atoms with Crippen molar-refractivity contribution in [2.24, 2.45) is 5.92 Å². The Morgan fingerprint density at radius 1 is 1.12 bits per heavy atom. The largest absolute Gasteiger partial charge is 0.372 e. The zero-order valence-electron chi connectivity index (χ0n) is 15.5. The van der Waals surface area contributed by atoms with E-state index in [4.69, 9.17) is 0 Å². The van der Waals surface area contributed by atoms with E-state index in [9.17, 15) is 4.79 Å². The van der Waals surface area contributed by atoms with Crippen LogP contribution >= 0.6 is 0 Å². The van der Waals surface area contributed by atoms with Crippen molar-refractivity contribution in [2.45, 2.75) is 33.1 Å². The minimum Gasteiger partial charge on any atom is -0.372 e. The highest BCUT2D eigenvalue weighted by Gasteiger charge is 2.13. The number of hydrogen-bond acceptors (Lipinski definition) is 5. The predicted octanol–water partition coefficient (Wildman–Crippen LogP) is 3.79. The SMILES string of the molecule is CC(C)CCNc1cnc(C(=O)Nc2ccc(N3CCCC3)cc2)cn1. The van der Waals surface area contributed by atoms with Gasteiger partial charge >= 0.3 is 0 Å². The summed E-state index contributed by atoms with van der Waals surface area (Å²) >= 11 is 0. The number of anilines is 3. The van der Waals surface area contributed by atoms with Crippen LogP contribution in [-0.2, 0) is 0 Å². The average Bonchev–Trinajstić information content (AvgIpc) is 3.17. The molecule has 1 aliphatic heterocycles. The van der Waals surface area contributed by atoms with Crippen LogP contribution in [-0.4, -0.2) is 35.5 Å². The van der Waals surface area contributed by atoms with Crippen LogP contribution in [0.2, 0.25) is 0 Å². The molecule has 6 heteroatoms. The maximum absolute atomic E-state index is 12.3. The summed E-state index contributed by atoms with van der Waals surface area (Å²) in [6, 6.07) is 7.96. The average molecular weight is 353 g/mol. The molecule has 1 saturated heterocycles. The Bertz CT molecular complexity index is 706. The van der Waals surface area contributed by atoms with E-state index in [1.165, 1.54) is 24.7 Å². The van der Waals surface area contributed by atoms with Crippen molar-refractivity contribution >= 4 is 23.1 Å². The first kappa shape index (κ1) is 18.2. The molecule has 0 unspecified atom stereocenters. The quantitative estimate of drug-likeness (QED) is 0.792. The Kier molecular flexibility index (Phi) is 6.04. The van der Waals surface area contributed by atoms with Crippen LogP contribution in [0, 0.1) is 5.92 Å². The second-order valence-corrected chi connectivity index (χ2v) is 7.09. The lowest BCUT2D eigenvalue weighted by Crippen LogP contribution is -2.18. The molecule has 6 nitrogen and oxygen atoms in total. The fourth-order valence-electron chi connectivity index (χ4n) is 2.95. The van der Waals surface area contributed by atoms with Gasteiger partial charge < -0.3 is 15.5 Å². The molecule has 2 N–H and O–H groups in total. The number of carbonyl (C=O) groups is 1. The van der Waals surface area contributed by atoms with Crippen molar-refractivity contribution in [1.82, 2.24) is 9.97 Å². The smallest absolute Gasteiger partial charge is 0.275 e. The number of nitrogens with one attached hydrogen (secondary N) is 2. The van der Waals surface area contributed by atoms with E-state index in [1.54, 1.807) is 6.20 Å². The van der Waals surface area contributed by atoms with Crippen molar-refractivity contribution in [3.05, 3.63) is 42.4 Å². The van der Waals surface area contributed by atoms with E-state index in [-0.39, 0.29) is 5.91 Å². The topological polar surface area (TPSA) is 70.2 Å². The first-order valence-electron chi connectivity index (χ1n) is 9.34. The highest BCUT2D eigenvalue weighted by molar-refractivity contribution is 6.02. The number of rotatable bonds is 7. The van der Waals surface area contributed by atoms with Gasteiger partial charge in [0.15, 0.2) is 0 Å². The number of benzene rings is 1. The van der Waals surface area contributed by atoms with Crippen LogP contribution in [0.15, 0.2) is 36.7 Å². The van der Waals surface area contributed by atoms with Crippen LogP contribution < -0.4 is 15.5 Å². The molecule has 1 aromatic heterocycles. The van der Waals surface area contributed by atoms with Gasteiger partial charge in [0.2, 0.25) is 0 Å². The van der Waals surface area contributed by atoms with Crippen LogP contribution in [0.4, 0.5) is 17.2 Å². The summed E-state index contributed by atoms with van der Waals surface area (Å²) in [6.07, 6.45) is 6.67. The summed E-state index contributed by atoms with van der Waals surface area (Å²) in [5.74, 6) is 1.08. The Hall–Kier alpha value is -2.63. The van der Waals surface area contributed by atoms with Crippen molar-refractivity contribution in [1.29, 1.82) is 0 Å². The molecule has 0 spiro atoms. The molecule has 0 aliphatic carbocycles. The molecular formula is C20H27N5O. The lowest BCUT2D eigenvalue weighted by Gasteiger charge is -2.17. The lowest BCUT2D eigenvalue weighted by molar-refractivity contribution is 0.102. The van der Waals surface area contributed by atoms with Gasteiger partial charge in [0.1, 0.15) is 11.5 Å². The first-order chi connectivity index (χ1) is 12.6. The standard InChI is InChI=1S/C20H27N5O/c1-15(2)9-10-21-19-14-22-18(13-23-19)20(26)24-16-5-7-17(8-6-16)25-11-3-4-12-25/h5-8,13-15H,3-4,9-12H2,1-2H3,(H,21,23)(H,24,26). The third-order valence-corrected chi connectivity index (χ3v) is 4.51. The fraction of sp³-hybridized carbons (Fsp3) is 0.450. The molecule has 1 fully saturated rings. The van der Waals surface area contributed by atoms with Gasteiger partial charge in [0.05, 0.1) is 12.4 Å². The third-order valence-electron chi connectivity index (χ3n) is 4.51. The maximum Gasteiger partial charge on any atom is 0.275 e. The molecule has 2 aromatic rings. The molecular weight excluding hydrogens is 326 g/mol. The van der Waals surface area contributed by atoms with E-state index in [1.807, 2.05) is 24.3 Å². The number of aromatic nitrogens is 2.